The van der Waals surface area contributed by atoms with Crippen molar-refractivity contribution in [1.29, 1.82) is 0 Å². The first-order chi connectivity index (χ1) is 13.9. The van der Waals surface area contributed by atoms with E-state index in [1.54, 1.807) is 31.0 Å². The lowest BCUT2D eigenvalue weighted by Crippen LogP contribution is -2.48. The van der Waals surface area contributed by atoms with Crippen molar-refractivity contribution in [3.05, 3.63) is 39.4 Å². The fourth-order valence-electron chi connectivity index (χ4n) is 2.81. The fourth-order valence-corrected chi connectivity index (χ4v) is 4.58. The molecular weight excluding hydrogens is 416 g/mol. The number of nitro benzene ring substituents is 1. The van der Waals surface area contributed by atoms with Crippen molar-refractivity contribution in [2.75, 3.05) is 43.9 Å². The number of hydrogen-bond donors (Lipinski definition) is 1. The van der Waals surface area contributed by atoms with Gasteiger partial charge < -0.3 is 15.1 Å². The molecule has 2 heterocycles. The van der Waals surface area contributed by atoms with E-state index in [4.69, 9.17) is 0 Å². The van der Waals surface area contributed by atoms with Gasteiger partial charge in [-0.05, 0) is 13.0 Å². The van der Waals surface area contributed by atoms with Crippen LogP contribution in [0.3, 0.4) is 0 Å². The van der Waals surface area contributed by atoms with Crippen LogP contribution in [0.4, 0.5) is 10.8 Å². The molecule has 0 saturated carbocycles. The summed E-state index contributed by atoms with van der Waals surface area (Å²) in [7, 11) is 1.59. The summed E-state index contributed by atoms with van der Waals surface area (Å²) in [4.78, 5) is 38.4. The van der Waals surface area contributed by atoms with Gasteiger partial charge in [0, 0.05) is 50.4 Å². The smallest absolute Gasteiger partial charge is 0.273 e. The van der Waals surface area contributed by atoms with Crippen LogP contribution in [0.5, 0.6) is 0 Å². The molecule has 0 bridgehead atoms. The number of aromatic nitrogens is 2. The highest BCUT2D eigenvalue weighted by atomic mass is 32.2. The van der Waals surface area contributed by atoms with Crippen LogP contribution < -0.4 is 10.2 Å². The number of hydrogen-bond acceptors (Lipinski definition) is 9. The number of rotatable bonds is 6. The topological polar surface area (TPSA) is 122 Å². The molecule has 1 N–H and O–H groups in total. The lowest BCUT2D eigenvalue weighted by Gasteiger charge is -2.34. The van der Waals surface area contributed by atoms with E-state index in [-0.39, 0.29) is 23.3 Å². The normalized spacial score (nSPS) is 14.0. The zero-order valence-corrected chi connectivity index (χ0v) is 17.6. The molecule has 2 amide bonds. The summed E-state index contributed by atoms with van der Waals surface area (Å²) in [6.45, 7) is 3.80. The Hall–Kier alpha value is -2.73. The molecule has 0 radical (unpaired) electrons. The average molecular weight is 437 g/mol. The summed E-state index contributed by atoms with van der Waals surface area (Å²) in [5.74, 6) is -0.00197. The van der Waals surface area contributed by atoms with E-state index in [2.05, 4.69) is 15.5 Å². The van der Waals surface area contributed by atoms with E-state index in [0.29, 0.717) is 41.6 Å². The van der Waals surface area contributed by atoms with Crippen LogP contribution in [0.15, 0.2) is 22.5 Å². The predicted octanol–water partition coefficient (Wildman–Crippen LogP) is 1.56. The molecule has 1 aliphatic heterocycles. The minimum atomic E-state index is -0.473. The van der Waals surface area contributed by atoms with Gasteiger partial charge in [-0.2, -0.15) is 0 Å². The van der Waals surface area contributed by atoms with E-state index < -0.39 is 4.92 Å². The third-order valence-corrected chi connectivity index (χ3v) is 6.61. The number of piperazine rings is 1. The second kappa shape index (κ2) is 9.18. The van der Waals surface area contributed by atoms with Gasteiger partial charge in [0.2, 0.25) is 11.0 Å². The van der Waals surface area contributed by atoms with E-state index in [1.807, 2.05) is 4.90 Å². The van der Waals surface area contributed by atoms with Gasteiger partial charge in [-0.1, -0.05) is 29.2 Å². The summed E-state index contributed by atoms with van der Waals surface area (Å²) in [5.41, 5.74) is 0.794. The molecule has 1 aliphatic rings. The summed E-state index contributed by atoms with van der Waals surface area (Å²) in [6.07, 6.45) is 0. The van der Waals surface area contributed by atoms with E-state index in [9.17, 15) is 19.7 Å². The number of carbonyl (C=O) groups is 2. The molecule has 10 nitrogen and oxygen atoms in total. The van der Waals surface area contributed by atoms with Crippen LogP contribution in [0, 0.1) is 17.0 Å². The van der Waals surface area contributed by atoms with Gasteiger partial charge in [-0.25, -0.2) is 0 Å². The highest BCUT2D eigenvalue weighted by Crippen LogP contribution is 2.29. The van der Waals surface area contributed by atoms with Gasteiger partial charge in [0.1, 0.15) is 0 Å². The number of aryl methyl sites for hydroxylation is 1. The van der Waals surface area contributed by atoms with Crippen molar-refractivity contribution in [3.63, 3.8) is 0 Å². The standard InChI is InChI=1S/C17H20N6O4S2/c1-11-3-4-12(9-13(11)23(26)27)15(25)21-5-7-22(8-6-21)16-19-20-17(29-16)28-10-14(24)18-2/h3-4,9H,5-8,10H2,1-2H3,(H,18,24). The number of amides is 2. The number of nitrogens with one attached hydrogen (secondary N) is 1. The summed E-state index contributed by atoms with van der Waals surface area (Å²) >= 11 is 2.74. The van der Waals surface area contributed by atoms with Gasteiger partial charge in [-0.15, -0.1) is 10.2 Å². The molecule has 2 aromatic rings. The Labute approximate surface area is 175 Å². The van der Waals surface area contributed by atoms with Crippen molar-refractivity contribution in [3.8, 4) is 0 Å². The van der Waals surface area contributed by atoms with Crippen molar-refractivity contribution >= 4 is 45.7 Å². The largest absolute Gasteiger partial charge is 0.358 e. The molecule has 1 saturated heterocycles. The van der Waals surface area contributed by atoms with Gasteiger partial charge in [-0.3, -0.25) is 19.7 Å². The van der Waals surface area contributed by atoms with Crippen LogP contribution in [-0.4, -0.2) is 70.8 Å². The molecule has 12 heteroatoms. The number of nitro groups is 1. The van der Waals surface area contributed by atoms with Gasteiger partial charge in [0.25, 0.3) is 11.6 Å². The Morgan fingerprint density at radius 1 is 1.28 bits per heavy atom. The third kappa shape index (κ3) is 5.01. The monoisotopic (exact) mass is 436 g/mol. The molecule has 154 valence electrons. The van der Waals surface area contributed by atoms with Gasteiger partial charge in [0.05, 0.1) is 10.7 Å². The van der Waals surface area contributed by atoms with Crippen LogP contribution in [0.25, 0.3) is 0 Å². The van der Waals surface area contributed by atoms with Crippen molar-refractivity contribution in [2.24, 2.45) is 0 Å². The Bertz CT molecular complexity index is 926. The zero-order valence-electron chi connectivity index (χ0n) is 16.0. The first kappa shape index (κ1) is 21.0. The molecular formula is C17H20N6O4S2. The Balaban J connectivity index is 1.59. The molecule has 0 unspecified atom stereocenters. The van der Waals surface area contributed by atoms with E-state index in [0.717, 1.165) is 5.13 Å². The number of benzene rings is 1. The van der Waals surface area contributed by atoms with E-state index >= 15 is 0 Å². The van der Waals surface area contributed by atoms with Crippen LogP contribution in [0.1, 0.15) is 15.9 Å². The van der Waals surface area contributed by atoms with Crippen molar-refractivity contribution in [1.82, 2.24) is 20.4 Å². The molecule has 29 heavy (non-hydrogen) atoms. The Morgan fingerprint density at radius 2 is 2.00 bits per heavy atom. The quantitative estimate of drug-likeness (QED) is 0.411. The minimum absolute atomic E-state index is 0.0508. The number of thioether (sulfide) groups is 1. The van der Waals surface area contributed by atoms with Crippen LogP contribution >= 0.6 is 23.1 Å². The fraction of sp³-hybridized carbons (Fsp3) is 0.412. The lowest BCUT2D eigenvalue weighted by molar-refractivity contribution is -0.385. The second-order valence-electron chi connectivity index (χ2n) is 6.35. The zero-order chi connectivity index (χ0) is 21.0. The number of nitrogens with zero attached hydrogens (tertiary/aromatic N) is 5. The van der Waals surface area contributed by atoms with Crippen molar-refractivity contribution in [2.45, 2.75) is 11.3 Å². The van der Waals surface area contributed by atoms with Crippen LogP contribution in [0.2, 0.25) is 0 Å². The highest BCUT2D eigenvalue weighted by molar-refractivity contribution is 8.01. The molecule has 1 fully saturated rings. The predicted molar refractivity (Wildman–Crippen MR) is 111 cm³/mol. The van der Waals surface area contributed by atoms with E-state index in [1.165, 1.54) is 29.2 Å². The Kier molecular flexibility index (Phi) is 6.64. The van der Waals surface area contributed by atoms with Crippen molar-refractivity contribution < 1.29 is 14.5 Å². The summed E-state index contributed by atoms with van der Waals surface area (Å²) in [6, 6.07) is 4.56. The lowest BCUT2D eigenvalue weighted by atomic mass is 10.1. The molecule has 0 aliphatic carbocycles. The summed E-state index contributed by atoms with van der Waals surface area (Å²) < 4.78 is 0.717. The molecule has 1 aromatic heterocycles. The average Bonchev–Trinajstić information content (AvgIpc) is 3.20. The molecule has 0 atom stereocenters. The second-order valence-corrected chi connectivity index (χ2v) is 8.53. The maximum Gasteiger partial charge on any atom is 0.273 e. The van der Waals surface area contributed by atoms with Gasteiger partial charge >= 0.3 is 0 Å². The SMILES string of the molecule is CNC(=O)CSc1nnc(N2CCN(C(=O)c3ccc(C)c([N+](=O)[O-])c3)CC2)s1. The summed E-state index contributed by atoms with van der Waals surface area (Å²) in [5, 5.41) is 22.7. The first-order valence-corrected chi connectivity index (χ1v) is 10.7. The maximum absolute atomic E-state index is 12.7. The number of carbonyl (C=O) groups excluding carboxylic acids is 2. The highest BCUT2D eigenvalue weighted by Gasteiger charge is 2.25. The molecule has 0 spiro atoms. The minimum Gasteiger partial charge on any atom is -0.358 e. The third-order valence-electron chi connectivity index (χ3n) is 4.49. The molecule has 1 aromatic carbocycles. The maximum atomic E-state index is 12.7. The molecule has 3 rings (SSSR count). The Morgan fingerprint density at radius 3 is 2.66 bits per heavy atom. The first-order valence-electron chi connectivity index (χ1n) is 8.85. The van der Waals surface area contributed by atoms with Crippen LogP contribution in [-0.2, 0) is 4.79 Å². The van der Waals surface area contributed by atoms with Gasteiger partial charge in [0.15, 0.2) is 4.34 Å². The number of anilines is 1.